The van der Waals surface area contributed by atoms with Crippen molar-refractivity contribution in [2.75, 3.05) is 4.90 Å². The predicted octanol–water partition coefficient (Wildman–Crippen LogP) is 14.1. The first-order chi connectivity index (χ1) is 27.2. The molecule has 0 amide bonds. The molecule has 3 nitrogen and oxygen atoms in total. The minimum Gasteiger partial charge on any atom is -0.311 e. The summed E-state index contributed by atoms with van der Waals surface area (Å²) in [4.78, 5) is 12.2. The molecule has 2 heterocycles. The maximum Gasteiger partial charge on any atom is 0.0972 e. The first kappa shape index (κ1) is 32.3. The summed E-state index contributed by atoms with van der Waals surface area (Å²) in [5.41, 5.74) is 12.8. The van der Waals surface area contributed by atoms with E-state index in [0.717, 1.165) is 50.5 Å². The predicted molar refractivity (Wildman–Crippen MR) is 231 cm³/mol. The summed E-state index contributed by atoms with van der Waals surface area (Å²) in [6.45, 7) is 0. The number of nitrogens with zero attached hydrogens (tertiary/aromatic N) is 3. The summed E-state index contributed by atoms with van der Waals surface area (Å²) >= 11 is 0. The summed E-state index contributed by atoms with van der Waals surface area (Å²) < 4.78 is 0. The molecule has 10 rings (SSSR count). The summed E-state index contributed by atoms with van der Waals surface area (Å²) in [5.74, 6) is 0. The van der Waals surface area contributed by atoms with Gasteiger partial charge >= 0.3 is 0 Å². The molecular weight excluding hydrogens is 667 g/mol. The monoisotopic (exact) mass is 701 g/mol. The number of fused-ring (bicyclic) bond motifs is 3. The van der Waals surface area contributed by atoms with Crippen LogP contribution in [0.5, 0.6) is 0 Å². The van der Waals surface area contributed by atoms with E-state index in [1.54, 1.807) is 0 Å². The van der Waals surface area contributed by atoms with E-state index in [1.807, 2.05) is 30.5 Å². The third-order valence-corrected chi connectivity index (χ3v) is 10.5. The molecule has 0 saturated heterocycles. The van der Waals surface area contributed by atoms with Crippen LogP contribution in [0.3, 0.4) is 0 Å². The van der Waals surface area contributed by atoms with Gasteiger partial charge in [-0.25, -0.2) is 4.98 Å². The molecule has 0 fully saturated rings. The van der Waals surface area contributed by atoms with Crippen LogP contribution >= 0.6 is 0 Å². The van der Waals surface area contributed by atoms with Gasteiger partial charge in [0.1, 0.15) is 0 Å². The van der Waals surface area contributed by atoms with Crippen molar-refractivity contribution in [2.45, 2.75) is 0 Å². The van der Waals surface area contributed by atoms with Crippen LogP contribution in [-0.2, 0) is 0 Å². The molecule has 0 unspecified atom stereocenters. The fourth-order valence-electron chi connectivity index (χ4n) is 7.60. The van der Waals surface area contributed by atoms with Gasteiger partial charge in [0.25, 0.3) is 0 Å². The van der Waals surface area contributed by atoms with E-state index in [2.05, 4.69) is 187 Å². The van der Waals surface area contributed by atoms with E-state index in [9.17, 15) is 0 Å². The lowest BCUT2D eigenvalue weighted by atomic mass is 10.00. The maximum atomic E-state index is 5.17. The molecule has 0 bridgehead atoms. The van der Waals surface area contributed by atoms with Gasteiger partial charge in [-0.1, -0.05) is 146 Å². The van der Waals surface area contributed by atoms with E-state index in [1.165, 1.54) is 43.8 Å². The molecule has 8 aromatic carbocycles. The number of rotatable bonds is 7. The average Bonchev–Trinajstić information content (AvgIpc) is 3.27. The highest BCUT2D eigenvalue weighted by Gasteiger charge is 2.16. The van der Waals surface area contributed by atoms with Crippen molar-refractivity contribution >= 4 is 49.5 Å². The van der Waals surface area contributed by atoms with Crippen molar-refractivity contribution in [3.63, 3.8) is 0 Å². The number of pyridine rings is 2. The second-order valence-corrected chi connectivity index (χ2v) is 13.9. The molecule has 0 aliphatic heterocycles. The van der Waals surface area contributed by atoms with Crippen LogP contribution in [0, 0.1) is 0 Å². The SMILES string of the molecule is c1ccc(-c2nc(-c3ccc(N(c4ccc(-c5ccc6ccccc6c5)cc4)c4ccc(-c5ccc6ccccc6c5)cc4)cc3)cc3cccnc23)cc1. The molecule has 0 atom stereocenters. The topological polar surface area (TPSA) is 29.0 Å². The van der Waals surface area contributed by atoms with Crippen LogP contribution in [0.15, 0.2) is 212 Å². The smallest absolute Gasteiger partial charge is 0.0972 e. The zero-order valence-electron chi connectivity index (χ0n) is 30.0. The van der Waals surface area contributed by atoms with Gasteiger partial charge < -0.3 is 4.90 Å². The van der Waals surface area contributed by atoms with Crippen molar-refractivity contribution in [1.29, 1.82) is 0 Å². The van der Waals surface area contributed by atoms with Gasteiger partial charge in [-0.15, -0.1) is 0 Å². The zero-order valence-corrected chi connectivity index (χ0v) is 30.0. The van der Waals surface area contributed by atoms with Gasteiger partial charge in [0.2, 0.25) is 0 Å². The van der Waals surface area contributed by atoms with E-state index in [0.29, 0.717) is 0 Å². The second kappa shape index (κ2) is 13.9. The molecule has 0 radical (unpaired) electrons. The van der Waals surface area contributed by atoms with Crippen LogP contribution in [0.25, 0.3) is 77.2 Å². The Morgan fingerprint density at radius 1 is 0.309 bits per heavy atom. The molecule has 55 heavy (non-hydrogen) atoms. The fraction of sp³-hybridized carbons (Fsp3) is 0. The Morgan fingerprint density at radius 2 is 0.764 bits per heavy atom. The van der Waals surface area contributed by atoms with E-state index in [-0.39, 0.29) is 0 Å². The Balaban J connectivity index is 1.03. The lowest BCUT2D eigenvalue weighted by Crippen LogP contribution is -2.09. The molecule has 0 aliphatic rings. The highest BCUT2D eigenvalue weighted by molar-refractivity contribution is 5.94. The molecule has 3 heteroatoms. The highest BCUT2D eigenvalue weighted by Crippen LogP contribution is 2.39. The molecular formula is C52H35N3. The second-order valence-electron chi connectivity index (χ2n) is 13.9. The number of benzene rings is 8. The average molecular weight is 702 g/mol. The third-order valence-electron chi connectivity index (χ3n) is 10.5. The molecule has 0 N–H and O–H groups in total. The molecule has 258 valence electrons. The summed E-state index contributed by atoms with van der Waals surface area (Å²) in [6, 6.07) is 73.5. The first-order valence-electron chi connectivity index (χ1n) is 18.6. The van der Waals surface area contributed by atoms with Gasteiger partial charge in [0, 0.05) is 39.8 Å². The van der Waals surface area contributed by atoms with Crippen LogP contribution in [-0.4, -0.2) is 9.97 Å². The Labute approximate surface area is 320 Å². The standard InChI is InChI=1S/C52H35N3/c1-2-11-41(12-3-1)52-51-46(15-8-32-53-51)35-50(54-52)40-24-30-49(31-25-40)55(47-26-20-38(21-27-47)44-18-16-36-9-4-6-13-42(36)33-44)48-28-22-39(23-29-48)45-19-17-37-10-5-7-14-43(37)34-45/h1-35H. The van der Waals surface area contributed by atoms with E-state index < -0.39 is 0 Å². The van der Waals surface area contributed by atoms with Crippen LogP contribution in [0.4, 0.5) is 17.1 Å². The van der Waals surface area contributed by atoms with Crippen molar-refractivity contribution < 1.29 is 0 Å². The molecule has 2 aromatic heterocycles. The number of aromatic nitrogens is 2. The molecule has 10 aromatic rings. The quantitative estimate of drug-likeness (QED) is 0.166. The Kier molecular flexibility index (Phi) is 8.16. The summed E-state index contributed by atoms with van der Waals surface area (Å²) in [5, 5.41) is 6.04. The number of anilines is 3. The van der Waals surface area contributed by atoms with E-state index in [4.69, 9.17) is 9.97 Å². The molecule has 0 aliphatic carbocycles. The molecule has 0 spiro atoms. The van der Waals surface area contributed by atoms with Crippen molar-refractivity contribution in [1.82, 2.24) is 9.97 Å². The van der Waals surface area contributed by atoms with Gasteiger partial charge in [-0.05, 0) is 104 Å². The fourth-order valence-corrected chi connectivity index (χ4v) is 7.60. The number of hydrogen-bond donors (Lipinski definition) is 0. The van der Waals surface area contributed by atoms with E-state index >= 15 is 0 Å². The van der Waals surface area contributed by atoms with Gasteiger partial charge in [-0.3, -0.25) is 4.98 Å². The largest absolute Gasteiger partial charge is 0.311 e. The van der Waals surface area contributed by atoms with Crippen LogP contribution < -0.4 is 4.90 Å². The lowest BCUT2D eigenvalue weighted by molar-refractivity contribution is 1.28. The van der Waals surface area contributed by atoms with Gasteiger partial charge in [0.15, 0.2) is 0 Å². The van der Waals surface area contributed by atoms with Crippen molar-refractivity contribution in [3.05, 3.63) is 212 Å². The maximum absolute atomic E-state index is 5.17. The Hall–Kier alpha value is -7.36. The summed E-state index contributed by atoms with van der Waals surface area (Å²) in [6.07, 6.45) is 1.84. The Morgan fingerprint density at radius 3 is 1.31 bits per heavy atom. The van der Waals surface area contributed by atoms with Gasteiger partial charge in [-0.2, -0.15) is 0 Å². The minimum absolute atomic E-state index is 0.886. The first-order valence-corrected chi connectivity index (χ1v) is 18.6. The minimum atomic E-state index is 0.886. The number of hydrogen-bond acceptors (Lipinski definition) is 3. The summed E-state index contributed by atoms with van der Waals surface area (Å²) in [7, 11) is 0. The Bertz CT molecular complexity index is 2830. The van der Waals surface area contributed by atoms with Crippen LogP contribution in [0.2, 0.25) is 0 Å². The van der Waals surface area contributed by atoms with Gasteiger partial charge in [0.05, 0.1) is 16.9 Å². The molecule has 0 saturated carbocycles. The van der Waals surface area contributed by atoms with Crippen molar-refractivity contribution in [3.8, 4) is 44.8 Å². The zero-order chi connectivity index (χ0) is 36.6. The third kappa shape index (κ3) is 6.28. The normalized spacial score (nSPS) is 11.3. The lowest BCUT2D eigenvalue weighted by Gasteiger charge is -2.26. The highest BCUT2D eigenvalue weighted by atomic mass is 15.1. The van der Waals surface area contributed by atoms with Crippen molar-refractivity contribution in [2.24, 2.45) is 0 Å². The van der Waals surface area contributed by atoms with Crippen LogP contribution in [0.1, 0.15) is 0 Å².